The number of nitrogens with zero attached hydrogens (tertiary/aromatic N) is 3. The van der Waals surface area contributed by atoms with Gasteiger partial charge in [-0.05, 0) is 37.0 Å². The number of anilines is 1. The van der Waals surface area contributed by atoms with E-state index in [1.165, 1.54) is 6.33 Å². The minimum atomic E-state index is -1.06. The zero-order chi connectivity index (χ0) is 22.3. The molecule has 3 aromatic rings. The van der Waals surface area contributed by atoms with Gasteiger partial charge in [0.2, 0.25) is 5.91 Å². The molecule has 10 heteroatoms. The lowest BCUT2D eigenvalue weighted by atomic mass is 9.82. The van der Waals surface area contributed by atoms with Crippen molar-refractivity contribution in [3.05, 3.63) is 47.4 Å². The Hall–Kier alpha value is -2.88. The Kier molecular flexibility index (Phi) is 5.40. The number of carbonyl (C=O) groups excluding carboxylic acids is 1. The fourth-order valence-corrected chi connectivity index (χ4v) is 4.78. The number of hydrogen-bond acceptors (Lipinski definition) is 7. The fraction of sp³-hybridized carbons (Fsp3) is 0.409. The van der Waals surface area contributed by atoms with Gasteiger partial charge in [-0.1, -0.05) is 23.7 Å². The Morgan fingerprint density at radius 1 is 1.41 bits per heavy atom. The van der Waals surface area contributed by atoms with Crippen LogP contribution >= 0.6 is 11.6 Å². The van der Waals surface area contributed by atoms with Gasteiger partial charge < -0.3 is 30.8 Å². The van der Waals surface area contributed by atoms with Crippen LogP contribution < -0.4 is 20.7 Å². The monoisotopic (exact) mass is 456 g/mol. The first kappa shape index (κ1) is 21.0. The normalized spacial score (nSPS) is 23.2. The van der Waals surface area contributed by atoms with E-state index in [2.05, 4.69) is 25.2 Å². The predicted molar refractivity (Wildman–Crippen MR) is 121 cm³/mol. The van der Waals surface area contributed by atoms with E-state index < -0.39 is 5.54 Å². The van der Waals surface area contributed by atoms with Gasteiger partial charge in [0, 0.05) is 24.4 Å². The third kappa shape index (κ3) is 3.66. The zero-order valence-corrected chi connectivity index (χ0v) is 18.2. The lowest BCUT2D eigenvalue weighted by molar-refractivity contribution is -0.128. The van der Waals surface area contributed by atoms with E-state index in [9.17, 15) is 9.90 Å². The number of nitrogens with one attached hydrogen (secondary N) is 2. The fourth-order valence-electron chi connectivity index (χ4n) is 4.65. The van der Waals surface area contributed by atoms with Crippen LogP contribution in [0, 0.1) is 0 Å². The summed E-state index contributed by atoms with van der Waals surface area (Å²) in [7, 11) is 0. The molecule has 0 radical (unpaired) electrons. The van der Waals surface area contributed by atoms with Gasteiger partial charge in [0.25, 0.3) is 0 Å². The highest BCUT2D eigenvalue weighted by molar-refractivity contribution is 6.30. The highest BCUT2D eigenvalue weighted by Gasteiger charge is 2.45. The first-order chi connectivity index (χ1) is 15.5. The average Bonchev–Trinajstić information content (AvgIpc) is 3.14. The standard InChI is InChI=1S/C22H25ClN6O3/c23-14-3-1-13(2-4-14)16(5-8-30)28-21(31)22(24)6-7-29-15(9-22)11-32-17-10-25-19-18(17)20(29)27-12-26-19/h1-4,10,12,15-16,30H,5-9,11,24H2,(H,28,31)(H,25,26,27)/t15-,16-,22+/m0/s1. The summed E-state index contributed by atoms with van der Waals surface area (Å²) in [5, 5.41) is 14.0. The van der Waals surface area contributed by atoms with E-state index in [-0.39, 0.29) is 24.6 Å². The molecule has 0 aliphatic carbocycles. The van der Waals surface area contributed by atoms with E-state index in [4.69, 9.17) is 22.1 Å². The molecule has 1 fully saturated rings. The van der Waals surface area contributed by atoms with Gasteiger partial charge in [-0.25, -0.2) is 9.97 Å². The molecule has 2 aliphatic rings. The molecule has 2 aliphatic heterocycles. The number of halogens is 1. The molecule has 1 aromatic carbocycles. The van der Waals surface area contributed by atoms with Crippen LogP contribution in [0.5, 0.6) is 5.75 Å². The van der Waals surface area contributed by atoms with E-state index in [1.807, 2.05) is 12.1 Å². The van der Waals surface area contributed by atoms with E-state index in [1.54, 1.807) is 18.3 Å². The van der Waals surface area contributed by atoms with E-state index in [0.29, 0.717) is 43.2 Å². The van der Waals surface area contributed by atoms with Crippen molar-refractivity contribution in [2.45, 2.75) is 36.9 Å². The van der Waals surface area contributed by atoms with Crippen molar-refractivity contribution in [1.82, 2.24) is 20.3 Å². The third-order valence-electron chi connectivity index (χ3n) is 6.40. The largest absolute Gasteiger partial charge is 0.489 e. The lowest BCUT2D eigenvalue weighted by Crippen LogP contribution is -2.63. The number of benzene rings is 1. The van der Waals surface area contributed by atoms with Gasteiger partial charge in [0.05, 0.1) is 17.6 Å². The van der Waals surface area contributed by atoms with Crippen molar-refractivity contribution in [2.24, 2.45) is 5.73 Å². The van der Waals surface area contributed by atoms with Crippen molar-refractivity contribution >= 4 is 34.4 Å². The quantitative estimate of drug-likeness (QED) is 0.461. The molecule has 4 heterocycles. The molecule has 5 N–H and O–H groups in total. The van der Waals surface area contributed by atoms with Crippen molar-refractivity contribution in [3.8, 4) is 5.75 Å². The first-order valence-electron chi connectivity index (χ1n) is 10.7. The number of piperidine rings is 1. The maximum atomic E-state index is 13.3. The number of amides is 1. The SMILES string of the molecule is N[C@]1(C(=O)N[C@@H](CCO)c2ccc(Cl)cc2)CCN2c3ncnc4[nH]cc(c34)OC[C@@H]2C1. The van der Waals surface area contributed by atoms with Crippen LogP contribution in [0.15, 0.2) is 36.8 Å². The summed E-state index contributed by atoms with van der Waals surface area (Å²) in [6, 6.07) is 6.78. The summed E-state index contributed by atoms with van der Waals surface area (Å²) in [6.45, 7) is 0.907. The molecule has 0 bridgehead atoms. The second-order valence-corrected chi connectivity index (χ2v) is 8.87. The first-order valence-corrected chi connectivity index (χ1v) is 11.0. The molecular weight excluding hydrogens is 432 g/mol. The van der Waals surface area contributed by atoms with Crippen LogP contribution in [-0.2, 0) is 4.79 Å². The summed E-state index contributed by atoms with van der Waals surface area (Å²) in [5.41, 5.74) is 7.21. The van der Waals surface area contributed by atoms with Crippen molar-refractivity contribution in [1.29, 1.82) is 0 Å². The number of nitrogens with two attached hydrogens (primary N) is 1. The number of carbonyl (C=O) groups is 1. The van der Waals surface area contributed by atoms with Crippen LogP contribution in [0.4, 0.5) is 5.82 Å². The van der Waals surface area contributed by atoms with Crippen molar-refractivity contribution < 1.29 is 14.6 Å². The van der Waals surface area contributed by atoms with Crippen LogP contribution in [0.3, 0.4) is 0 Å². The maximum Gasteiger partial charge on any atom is 0.240 e. The Bertz CT molecular complexity index is 1140. The summed E-state index contributed by atoms with van der Waals surface area (Å²) in [4.78, 5) is 27.4. The summed E-state index contributed by atoms with van der Waals surface area (Å²) in [5.74, 6) is 1.28. The number of fused-ring (bicyclic) bond motifs is 2. The Morgan fingerprint density at radius 2 is 2.22 bits per heavy atom. The van der Waals surface area contributed by atoms with Gasteiger partial charge in [0.15, 0.2) is 0 Å². The van der Waals surface area contributed by atoms with Crippen LogP contribution in [-0.4, -0.2) is 57.3 Å². The highest BCUT2D eigenvalue weighted by Crippen LogP contribution is 2.39. The minimum Gasteiger partial charge on any atom is -0.489 e. The summed E-state index contributed by atoms with van der Waals surface area (Å²) >= 11 is 5.99. The van der Waals surface area contributed by atoms with Crippen LogP contribution in [0.25, 0.3) is 11.0 Å². The number of rotatable bonds is 5. The van der Waals surface area contributed by atoms with Gasteiger partial charge in [0.1, 0.15) is 35.5 Å². The number of aromatic nitrogens is 3. The molecule has 0 unspecified atom stereocenters. The maximum absolute atomic E-state index is 13.3. The molecule has 0 saturated carbocycles. The number of aliphatic hydroxyl groups excluding tert-OH is 1. The molecule has 3 atom stereocenters. The number of H-pyrrole nitrogens is 1. The molecule has 168 valence electrons. The Morgan fingerprint density at radius 3 is 3.00 bits per heavy atom. The topological polar surface area (TPSA) is 129 Å². The third-order valence-corrected chi connectivity index (χ3v) is 6.66. The van der Waals surface area contributed by atoms with Crippen LogP contribution in [0.1, 0.15) is 30.9 Å². The smallest absolute Gasteiger partial charge is 0.240 e. The van der Waals surface area contributed by atoms with Crippen LogP contribution in [0.2, 0.25) is 5.02 Å². The lowest BCUT2D eigenvalue weighted by Gasteiger charge is -2.43. The Balaban J connectivity index is 1.35. The molecule has 1 amide bonds. The van der Waals surface area contributed by atoms with E-state index in [0.717, 1.165) is 22.4 Å². The number of ether oxygens (including phenoxy) is 1. The zero-order valence-electron chi connectivity index (χ0n) is 17.4. The molecule has 1 saturated heterocycles. The minimum absolute atomic E-state index is 0.0582. The second kappa shape index (κ2) is 8.23. The summed E-state index contributed by atoms with van der Waals surface area (Å²) < 4.78 is 6.02. The van der Waals surface area contributed by atoms with Gasteiger partial charge in [-0.3, -0.25) is 4.79 Å². The highest BCUT2D eigenvalue weighted by atomic mass is 35.5. The molecule has 0 spiro atoms. The van der Waals surface area contributed by atoms with Crippen molar-refractivity contribution in [3.63, 3.8) is 0 Å². The Labute approximate surface area is 189 Å². The average molecular weight is 457 g/mol. The number of aromatic amines is 1. The predicted octanol–water partition coefficient (Wildman–Crippen LogP) is 1.91. The molecule has 9 nitrogen and oxygen atoms in total. The molecule has 2 aromatic heterocycles. The summed E-state index contributed by atoms with van der Waals surface area (Å²) in [6.07, 6.45) is 4.59. The molecule has 5 rings (SSSR count). The number of aliphatic hydroxyl groups is 1. The van der Waals surface area contributed by atoms with Crippen molar-refractivity contribution in [2.75, 3.05) is 24.7 Å². The van der Waals surface area contributed by atoms with Gasteiger partial charge >= 0.3 is 0 Å². The van der Waals surface area contributed by atoms with Gasteiger partial charge in [-0.15, -0.1) is 0 Å². The molecular formula is C22H25ClN6O3. The number of hydrogen-bond donors (Lipinski definition) is 4. The molecule has 32 heavy (non-hydrogen) atoms. The van der Waals surface area contributed by atoms with Gasteiger partial charge in [-0.2, -0.15) is 0 Å². The van der Waals surface area contributed by atoms with E-state index >= 15 is 0 Å². The second-order valence-electron chi connectivity index (χ2n) is 8.43.